The van der Waals surface area contributed by atoms with E-state index in [4.69, 9.17) is 0 Å². The Morgan fingerprint density at radius 2 is 2.43 bits per heavy atom. The van der Waals surface area contributed by atoms with E-state index in [-0.39, 0.29) is 0 Å². The fraction of sp³-hybridized carbons (Fsp3) is 0.400. The first-order valence-corrected chi connectivity index (χ1v) is 3.12. The van der Waals surface area contributed by atoms with Crippen LogP contribution in [0.5, 0.6) is 0 Å². The lowest BCUT2D eigenvalue weighted by molar-refractivity contribution is -0.107. The normalized spacial score (nSPS) is 8.14. The molecule has 0 radical (unpaired) electrons. The van der Waals surface area contributed by atoms with Crippen LogP contribution < -0.4 is 0 Å². The molecule has 0 saturated carbocycles. The highest BCUT2D eigenvalue weighted by atomic mass is 127. The van der Waals surface area contributed by atoms with Crippen molar-refractivity contribution in [1.82, 2.24) is 0 Å². The van der Waals surface area contributed by atoms with E-state index in [0.29, 0.717) is 6.42 Å². The highest BCUT2D eigenvalue weighted by molar-refractivity contribution is 14.1. The average molecular weight is 210 g/mol. The molecular weight excluding hydrogens is 203 g/mol. The standard InChI is InChI=1S/C5H7IO/c1-5(6)3-2-4-7/h4H,1-3H2. The predicted molar refractivity (Wildman–Crippen MR) is 38.5 cm³/mol. The summed E-state index contributed by atoms with van der Waals surface area (Å²) in [4.78, 5) is 9.66. The molecule has 0 heterocycles. The lowest BCUT2D eigenvalue weighted by atomic mass is 10.3. The zero-order valence-electron chi connectivity index (χ0n) is 3.98. The van der Waals surface area contributed by atoms with Crippen molar-refractivity contribution in [2.24, 2.45) is 0 Å². The monoisotopic (exact) mass is 210 g/mol. The molecule has 7 heavy (non-hydrogen) atoms. The molecule has 0 N–H and O–H groups in total. The molecule has 0 bridgehead atoms. The lowest BCUT2D eigenvalue weighted by Crippen LogP contribution is -1.71. The van der Waals surface area contributed by atoms with Crippen molar-refractivity contribution in [2.75, 3.05) is 0 Å². The maximum atomic E-state index is 9.66. The largest absolute Gasteiger partial charge is 0.303 e. The van der Waals surface area contributed by atoms with Crippen LogP contribution in [0.25, 0.3) is 0 Å². The number of carbonyl (C=O) groups excluding carboxylic acids is 1. The lowest BCUT2D eigenvalue weighted by Gasteiger charge is -1.84. The second-order valence-electron chi connectivity index (χ2n) is 1.22. The van der Waals surface area contributed by atoms with Gasteiger partial charge in [-0.25, -0.2) is 0 Å². The molecular formula is C5H7IO. The predicted octanol–water partition coefficient (Wildman–Crippen LogP) is 1.91. The summed E-state index contributed by atoms with van der Waals surface area (Å²) < 4.78 is 1.05. The van der Waals surface area contributed by atoms with E-state index in [2.05, 4.69) is 29.2 Å². The van der Waals surface area contributed by atoms with E-state index in [1.807, 2.05) is 0 Å². The number of hydrogen-bond acceptors (Lipinski definition) is 1. The molecule has 0 rings (SSSR count). The van der Waals surface area contributed by atoms with E-state index < -0.39 is 0 Å². The van der Waals surface area contributed by atoms with Crippen LogP contribution in [-0.4, -0.2) is 6.29 Å². The van der Waals surface area contributed by atoms with E-state index in [1.165, 1.54) is 0 Å². The summed E-state index contributed by atoms with van der Waals surface area (Å²) in [5, 5.41) is 0. The Kier molecular flexibility index (Phi) is 4.39. The van der Waals surface area contributed by atoms with E-state index in [1.54, 1.807) is 0 Å². The molecule has 0 atom stereocenters. The Labute approximate surface area is 56.9 Å². The number of allylic oxidation sites excluding steroid dienone is 1. The summed E-state index contributed by atoms with van der Waals surface area (Å²) in [6.07, 6.45) is 2.34. The van der Waals surface area contributed by atoms with Crippen molar-refractivity contribution in [3.8, 4) is 0 Å². The average Bonchev–Trinajstić information content (AvgIpc) is 1.61. The molecule has 0 unspecified atom stereocenters. The first kappa shape index (κ1) is 7.14. The van der Waals surface area contributed by atoms with Crippen LogP contribution in [0.4, 0.5) is 0 Å². The summed E-state index contributed by atoms with van der Waals surface area (Å²) in [6, 6.07) is 0. The van der Waals surface area contributed by atoms with Gasteiger partial charge in [-0.1, -0.05) is 6.58 Å². The van der Waals surface area contributed by atoms with Crippen molar-refractivity contribution >= 4 is 28.9 Å². The summed E-state index contributed by atoms with van der Waals surface area (Å²) in [5.74, 6) is 0. The minimum atomic E-state index is 0.613. The van der Waals surface area contributed by atoms with Crippen molar-refractivity contribution in [3.63, 3.8) is 0 Å². The number of hydrogen-bond donors (Lipinski definition) is 0. The zero-order valence-corrected chi connectivity index (χ0v) is 6.14. The van der Waals surface area contributed by atoms with Crippen LogP contribution in [0.1, 0.15) is 12.8 Å². The zero-order chi connectivity index (χ0) is 5.70. The number of halogens is 1. The molecule has 0 saturated heterocycles. The molecule has 0 amide bonds. The summed E-state index contributed by atoms with van der Waals surface area (Å²) in [5.41, 5.74) is 0. The van der Waals surface area contributed by atoms with E-state index >= 15 is 0 Å². The van der Waals surface area contributed by atoms with Gasteiger partial charge in [0.15, 0.2) is 0 Å². The van der Waals surface area contributed by atoms with Gasteiger partial charge in [0.25, 0.3) is 0 Å². The van der Waals surface area contributed by atoms with Gasteiger partial charge in [-0.05, 0) is 32.6 Å². The molecule has 0 aromatic rings. The van der Waals surface area contributed by atoms with Gasteiger partial charge in [-0.15, -0.1) is 0 Å². The Bertz CT molecular complexity index is 78.1. The van der Waals surface area contributed by atoms with Crippen LogP contribution in [-0.2, 0) is 4.79 Å². The smallest absolute Gasteiger partial charge is 0.120 e. The van der Waals surface area contributed by atoms with Crippen LogP contribution in [0.15, 0.2) is 10.2 Å². The van der Waals surface area contributed by atoms with E-state index in [0.717, 1.165) is 16.3 Å². The fourth-order valence-electron chi connectivity index (χ4n) is 0.216. The maximum Gasteiger partial charge on any atom is 0.120 e. The summed E-state index contributed by atoms with van der Waals surface area (Å²) >= 11 is 2.11. The molecule has 1 nitrogen and oxygen atoms in total. The molecule has 0 aliphatic heterocycles. The molecule has 2 heteroatoms. The third kappa shape index (κ3) is 6.14. The maximum absolute atomic E-state index is 9.66. The van der Waals surface area contributed by atoms with Crippen LogP contribution in [0.2, 0.25) is 0 Å². The Hall–Kier alpha value is 0.140. The van der Waals surface area contributed by atoms with Gasteiger partial charge in [0.05, 0.1) is 0 Å². The highest BCUT2D eigenvalue weighted by Crippen LogP contribution is 2.07. The van der Waals surface area contributed by atoms with Gasteiger partial charge in [-0.3, -0.25) is 0 Å². The quantitative estimate of drug-likeness (QED) is 0.513. The Morgan fingerprint density at radius 1 is 1.86 bits per heavy atom. The summed E-state index contributed by atoms with van der Waals surface area (Å²) in [7, 11) is 0. The van der Waals surface area contributed by atoms with Crippen molar-refractivity contribution < 1.29 is 4.79 Å². The van der Waals surface area contributed by atoms with Gasteiger partial charge in [0, 0.05) is 6.42 Å². The molecule has 0 aromatic heterocycles. The molecule has 0 aliphatic carbocycles. The molecule has 40 valence electrons. The minimum Gasteiger partial charge on any atom is -0.303 e. The fourth-order valence-corrected chi connectivity index (χ4v) is 0.527. The topological polar surface area (TPSA) is 17.1 Å². The highest BCUT2D eigenvalue weighted by Gasteiger charge is 1.83. The first-order valence-electron chi connectivity index (χ1n) is 2.04. The minimum absolute atomic E-state index is 0.613. The van der Waals surface area contributed by atoms with Crippen molar-refractivity contribution in [2.45, 2.75) is 12.8 Å². The van der Waals surface area contributed by atoms with Gasteiger partial charge < -0.3 is 4.79 Å². The SMILES string of the molecule is C=C(I)CCC=O. The van der Waals surface area contributed by atoms with Gasteiger partial charge in [0.1, 0.15) is 6.29 Å². The third-order valence-electron chi connectivity index (χ3n) is 0.533. The number of carbonyl (C=O) groups is 1. The second-order valence-corrected chi connectivity index (χ2v) is 2.75. The molecule has 0 aromatic carbocycles. The van der Waals surface area contributed by atoms with Crippen LogP contribution >= 0.6 is 22.6 Å². The summed E-state index contributed by atoms with van der Waals surface area (Å²) in [6.45, 7) is 3.62. The van der Waals surface area contributed by atoms with E-state index in [9.17, 15) is 4.79 Å². The molecule has 0 spiro atoms. The van der Waals surface area contributed by atoms with Gasteiger partial charge in [-0.2, -0.15) is 0 Å². The van der Waals surface area contributed by atoms with Crippen molar-refractivity contribution in [3.05, 3.63) is 10.2 Å². The third-order valence-corrected chi connectivity index (χ3v) is 1.07. The van der Waals surface area contributed by atoms with Gasteiger partial charge >= 0.3 is 0 Å². The Balaban J connectivity index is 2.97. The van der Waals surface area contributed by atoms with Crippen LogP contribution in [0.3, 0.4) is 0 Å². The molecule has 0 aliphatic rings. The van der Waals surface area contributed by atoms with Crippen LogP contribution in [0, 0.1) is 0 Å². The van der Waals surface area contributed by atoms with Crippen molar-refractivity contribution in [1.29, 1.82) is 0 Å². The second kappa shape index (κ2) is 4.30. The first-order chi connectivity index (χ1) is 3.27. The number of rotatable bonds is 3. The van der Waals surface area contributed by atoms with Gasteiger partial charge in [0.2, 0.25) is 0 Å². The Morgan fingerprint density at radius 3 is 2.57 bits per heavy atom. The number of aldehydes is 1. The molecule has 0 fully saturated rings.